The van der Waals surface area contributed by atoms with E-state index in [4.69, 9.17) is 0 Å². The van der Waals surface area contributed by atoms with E-state index >= 15 is 0 Å². The van der Waals surface area contributed by atoms with Gasteiger partial charge in [0.25, 0.3) is 10.0 Å². The zero-order valence-corrected chi connectivity index (χ0v) is 11.1. The highest BCUT2D eigenvalue weighted by molar-refractivity contribution is 7.90. The average molecular weight is 277 g/mol. The van der Waals surface area contributed by atoms with Gasteiger partial charge in [-0.15, -0.1) is 0 Å². The molecule has 3 nitrogen and oxygen atoms in total. The molecule has 0 amide bonds. The van der Waals surface area contributed by atoms with Crippen molar-refractivity contribution in [3.8, 4) is 0 Å². The normalized spacial score (nSPS) is 11.9. The van der Waals surface area contributed by atoms with E-state index in [9.17, 15) is 12.8 Å². The number of aryl methyl sites for hydroxylation is 1. The second-order valence-corrected chi connectivity index (χ2v) is 5.71. The summed E-state index contributed by atoms with van der Waals surface area (Å²) in [6, 6.07) is 12.0. The smallest absolute Gasteiger partial charge is 0.207 e. The molecular formula is C14H12FNO2S. The topological polar surface area (TPSA) is 46.5 Å². The lowest BCUT2D eigenvalue weighted by molar-refractivity contribution is 0.598. The zero-order valence-electron chi connectivity index (χ0n) is 10.2. The van der Waals surface area contributed by atoms with E-state index in [0.29, 0.717) is 5.56 Å². The molecule has 0 saturated carbocycles. The van der Waals surface area contributed by atoms with Crippen molar-refractivity contribution in [3.05, 3.63) is 65.5 Å². The number of hydrogen-bond acceptors (Lipinski definition) is 2. The van der Waals surface area contributed by atoms with Gasteiger partial charge in [0.15, 0.2) is 0 Å². The summed E-state index contributed by atoms with van der Waals surface area (Å²) in [5.41, 5.74) is 1.36. The molecule has 0 aromatic heterocycles. The van der Waals surface area contributed by atoms with Crippen LogP contribution in [0.4, 0.5) is 4.39 Å². The molecule has 5 heteroatoms. The van der Waals surface area contributed by atoms with Crippen molar-refractivity contribution in [2.45, 2.75) is 11.8 Å². The number of sulfonamides is 1. The molecule has 0 unspecified atom stereocenters. The third-order valence-corrected chi connectivity index (χ3v) is 3.76. The van der Waals surface area contributed by atoms with E-state index in [-0.39, 0.29) is 4.90 Å². The van der Waals surface area contributed by atoms with Crippen LogP contribution in [0.25, 0.3) is 0 Å². The first kappa shape index (κ1) is 13.4. The second kappa shape index (κ2) is 5.32. The van der Waals surface area contributed by atoms with E-state index < -0.39 is 15.8 Å². The first-order valence-corrected chi connectivity index (χ1v) is 7.04. The summed E-state index contributed by atoms with van der Waals surface area (Å²) in [7, 11) is -3.74. The van der Waals surface area contributed by atoms with Crippen molar-refractivity contribution in [1.29, 1.82) is 0 Å². The molecule has 0 spiro atoms. The van der Waals surface area contributed by atoms with Gasteiger partial charge in [0.1, 0.15) is 5.82 Å². The summed E-state index contributed by atoms with van der Waals surface area (Å²) in [6.07, 6.45) is 1.14. The van der Waals surface area contributed by atoms with Crippen LogP contribution in [0.3, 0.4) is 0 Å². The van der Waals surface area contributed by atoms with Crippen LogP contribution in [-0.4, -0.2) is 14.6 Å². The third kappa shape index (κ3) is 3.48. The van der Waals surface area contributed by atoms with E-state index in [2.05, 4.69) is 4.40 Å². The van der Waals surface area contributed by atoms with Gasteiger partial charge in [0, 0.05) is 6.21 Å². The Bertz CT molecular complexity index is 706. The van der Waals surface area contributed by atoms with Crippen molar-refractivity contribution in [2.75, 3.05) is 0 Å². The Kier molecular flexibility index (Phi) is 3.76. The number of nitrogens with zero attached hydrogens (tertiary/aromatic N) is 1. The molecule has 0 heterocycles. The highest BCUT2D eigenvalue weighted by atomic mass is 32.2. The molecular weight excluding hydrogens is 265 g/mol. The lowest BCUT2D eigenvalue weighted by atomic mass is 10.2. The van der Waals surface area contributed by atoms with Gasteiger partial charge in [-0.1, -0.05) is 29.8 Å². The molecule has 2 rings (SSSR count). The highest BCUT2D eigenvalue weighted by Crippen LogP contribution is 2.13. The van der Waals surface area contributed by atoms with Crippen LogP contribution in [0.1, 0.15) is 11.1 Å². The minimum atomic E-state index is -3.74. The number of hydrogen-bond donors (Lipinski definition) is 0. The largest absolute Gasteiger partial charge is 0.282 e. The maximum atomic E-state index is 12.9. The van der Waals surface area contributed by atoms with Crippen LogP contribution in [-0.2, 0) is 10.0 Å². The Balaban J connectivity index is 2.29. The standard InChI is InChI=1S/C14H12FNO2S/c1-11-5-7-14(8-6-11)19(17,18)16-10-12-3-2-4-13(15)9-12/h2-10H,1H3/b16-10+. The van der Waals surface area contributed by atoms with E-state index in [1.54, 1.807) is 18.2 Å². The molecule has 0 aliphatic carbocycles. The van der Waals surface area contributed by atoms with Crippen LogP contribution in [0, 0.1) is 12.7 Å². The fourth-order valence-electron chi connectivity index (χ4n) is 1.49. The van der Waals surface area contributed by atoms with Gasteiger partial charge < -0.3 is 0 Å². The number of rotatable bonds is 3. The van der Waals surface area contributed by atoms with Crippen molar-refractivity contribution in [3.63, 3.8) is 0 Å². The molecule has 2 aromatic rings. The van der Waals surface area contributed by atoms with Crippen molar-refractivity contribution < 1.29 is 12.8 Å². The summed E-state index contributed by atoms with van der Waals surface area (Å²) >= 11 is 0. The average Bonchev–Trinajstić information content (AvgIpc) is 2.37. The molecule has 0 radical (unpaired) electrons. The number of benzene rings is 2. The van der Waals surface area contributed by atoms with Crippen LogP contribution in [0.15, 0.2) is 57.8 Å². The minimum absolute atomic E-state index is 0.116. The third-order valence-electron chi connectivity index (χ3n) is 2.51. The Morgan fingerprint density at radius 2 is 1.79 bits per heavy atom. The van der Waals surface area contributed by atoms with Gasteiger partial charge in [-0.2, -0.15) is 12.8 Å². The lowest BCUT2D eigenvalue weighted by Crippen LogP contribution is -1.97. The summed E-state index contributed by atoms with van der Waals surface area (Å²) in [5.74, 6) is -0.434. The summed E-state index contributed by atoms with van der Waals surface area (Å²) in [4.78, 5) is 0.116. The molecule has 0 fully saturated rings. The molecule has 2 aromatic carbocycles. The summed E-state index contributed by atoms with van der Waals surface area (Å²) in [5, 5.41) is 0. The SMILES string of the molecule is Cc1ccc(S(=O)(=O)/N=C/c2cccc(F)c2)cc1. The molecule has 0 aliphatic rings. The molecule has 19 heavy (non-hydrogen) atoms. The quantitative estimate of drug-likeness (QED) is 0.810. The summed E-state index contributed by atoms with van der Waals surface area (Å²) < 4.78 is 40.3. The fourth-order valence-corrected chi connectivity index (χ4v) is 2.35. The predicted octanol–water partition coefficient (Wildman–Crippen LogP) is 2.94. The van der Waals surface area contributed by atoms with Gasteiger partial charge in [-0.3, -0.25) is 0 Å². The zero-order chi connectivity index (χ0) is 13.9. The molecule has 0 aliphatic heterocycles. The van der Waals surface area contributed by atoms with Gasteiger partial charge >= 0.3 is 0 Å². The van der Waals surface area contributed by atoms with Gasteiger partial charge in [0.2, 0.25) is 0 Å². The molecule has 0 bridgehead atoms. The maximum Gasteiger partial charge on any atom is 0.282 e. The summed E-state index contributed by atoms with van der Waals surface area (Å²) in [6.45, 7) is 1.87. The molecule has 0 saturated heterocycles. The second-order valence-electron chi connectivity index (χ2n) is 4.08. The maximum absolute atomic E-state index is 12.9. The van der Waals surface area contributed by atoms with E-state index in [1.165, 1.54) is 30.3 Å². The van der Waals surface area contributed by atoms with Crippen LogP contribution in [0.5, 0.6) is 0 Å². The van der Waals surface area contributed by atoms with Crippen molar-refractivity contribution in [1.82, 2.24) is 0 Å². The lowest BCUT2D eigenvalue weighted by Gasteiger charge is -1.99. The van der Waals surface area contributed by atoms with Crippen molar-refractivity contribution in [2.24, 2.45) is 4.40 Å². The van der Waals surface area contributed by atoms with Crippen LogP contribution >= 0.6 is 0 Å². The highest BCUT2D eigenvalue weighted by Gasteiger charge is 2.10. The van der Waals surface area contributed by atoms with E-state index in [0.717, 1.165) is 11.8 Å². The Labute approximate surface area is 111 Å². The number of halogens is 1. The monoisotopic (exact) mass is 277 g/mol. The van der Waals surface area contributed by atoms with Gasteiger partial charge in [-0.25, -0.2) is 4.39 Å². The van der Waals surface area contributed by atoms with Crippen LogP contribution < -0.4 is 0 Å². The minimum Gasteiger partial charge on any atom is -0.207 e. The molecule has 0 N–H and O–H groups in total. The molecule has 0 atom stereocenters. The first-order valence-electron chi connectivity index (χ1n) is 5.60. The Hall–Kier alpha value is -2.01. The Morgan fingerprint density at radius 3 is 2.42 bits per heavy atom. The van der Waals surface area contributed by atoms with Gasteiger partial charge in [0.05, 0.1) is 4.90 Å². The first-order chi connectivity index (χ1) is 8.97. The van der Waals surface area contributed by atoms with Crippen molar-refractivity contribution >= 4 is 16.2 Å². The molecule has 98 valence electrons. The Morgan fingerprint density at radius 1 is 1.11 bits per heavy atom. The van der Waals surface area contributed by atoms with Crippen LogP contribution in [0.2, 0.25) is 0 Å². The predicted molar refractivity (Wildman–Crippen MR) is 72.4 cm³/mol. The van der Waals surface area contributed by atoms with Gasteiger partial charge in [-0.05, 0) is 36.8 Å². The fraction of sp³-hybridized carbons (Fsp3) is 0.0714. The van der Waals surface area contributed by atoms with E-state index in [1.807, 2.05) is 6.92 Å².